The lowest BCUT2D eigenvalue weighted by Crippen LogP contribution is -2.56. The Hall–Kier alpha value is -3.71. The Morgan fingerprint density at radius 2 is 1.59 bits per heavy atom. The first-order valence-electron chi connectivity index (χ1n) is 14.0. The van der Waals surface area contributed by atoms with Gasteiger partial charge in [-0.15, -0.1) is 0 Å². The van der Waals surface area contributed by atoms with E-state index in [4.69, 9.17) is 22.3 Å². The molecule has 224 valence electrons. The van der Waals surface area contributed by atoms with Gasteiger partial charge in [0.05, 0.1) is 6.04 Å². The van der Waals surface area contributed by atoms with E-state index < -0.39 is 35.8 Å². The SMILES string of the molecule is NCCC[C@H]1NC(=O)[C@@H](N)Cc2cc(ccc2O)-c2ccc(O)c(c2)C[C@H](C(=O)NCCC[C@H](N)CCO)NC1=O. The third-order valence-electron chi connectivity index (χ3n) is 7.21. The molecule has 1 heterocycles. The van der Waals surface area contributed by atoms with Gasteiger partial charge in [-0.3, -0.25) is 14.4 Å². The average Bonchev–Trinajstić information content (AvgIpc) is 2.94. The lowest BCUT2D eigenvalue weighted by Gasteiger charge is -2.24. The van der Waals surface area contributed by atoms with Gasteiger partial charge in [0.15, 0.2) is 0 Å². The molecular weight excluding hydrogens is 528 g/mol. The number of benzene rings is 2. The molecule has 2 aromatic rings. The van der Waals surface area contributed by atoms with Crippen LogP contribution in [-0.4, -0.2) is 76.9 Å². The molecule has 0 aromatic heterocycles. The molecule has 0 fully saturated rings. The van der Waals surface area contributed by atoms with Crippen molar-refractivity contribution < 1.29 is 29.7 Å². The van der Waals surface area contributed by atoms with Gasteiger partial charge in [0.1, 0.15) is 23.6 Å². The van der Waals surface area contributed by atoms with Gasteiger partial charge in [0.2, 0.25) is 17.7 Å². The molecule has 12 nitrogen and oxygen atoms in total. The van der Waals surface area contributed by atoms with Crippen molar-refractivity contribution in [1.82, 2.24) is 16.0 Å². The summed E-state index contributed by atoms with van der Waals surface area (Å²) in [5.74, 6) is -1.70. The van der Waals surface area contributed by atoms with Crippen molar-refractivity contribution in [3.63, 3.8) is 0 Å². The van der Waals surface area contributed by atoms with Crippen LogP contribution in [0.4, 0.5) is 0 Å². The maximum Gasteiger partial charge on any atom is 0.243 e. The number of phenolic OH excluding ortho intramolecular Hbond substituents is 2. The minimum absolute atomic E-state index is 0.0115. The first-order chi connectivity index (χ1) is 19.6. The summed E-state index contributed by atoms with van der Waals surface area (Å²) in [7, 11) is 0. The number of hydrogen-bond donors (Lipinski definition) is 9. The summed E-state index contributed by atoms with van der Waals surface area (Å²) in [5, 5.41) is 38.4. The second-order valence-corrected chi connectivity index (χ2v) is 10.5. The van der Waals surface area contributed by atoms with E-state index in [1.807, 2.05) is 0 Å². The molecule has 1 aliphatic heterocycles. The fourth-order valence-corrected chi connectivity index (χ4v) is 4.77. The highest BCUT2D eigenvalue weighted by atomic mass is 16.3. The molecule has 3 amide bonds. The summed E-state index contributed by atoms with van der Waals surface area (Å²) in [6.45, 7) is 0.576. The van der Waals surface area contributed by atoms with Crippen molar-refractivity contribution in [2.75, 3.05) is 19.7 Å². The summed E-state index contributed by atoms with van der Waals surface area (Å²) in [5.41, 5.74) is 20.1. The molecule has 4 atom stereocenters. The lowest BCUT2D eigenvalue weighted by molar-refractivity contribution is -0.132. The van der Waals surface area contributed by atoms with E-state index in [-0.39, 0.29) is 50.0 Å². The van der Waals surface area contributed by atoms with Crippen molar-refractivity contribution in [3.8, 4) is 22.6 Å². The number of hydrogen-bond acceptors (Lipinski definition) is 9. The van der Waals surface area contributed by atoms with Crippen LogP contribution in [0.5, 0.6) is 11.5 Å². The molecule has 12 heteroatoms. The number of nitrogens with one attached hydrogen (secondary N) is 3. The standard InChI is InChI=1S/C29H42N6O6/c30-10-1-4-23-29(41)35-24(28(40)33-11-2-3-21(31)9-12-36)16-20-14-18(6-8-26(20)38)17-5-7-25(37)19(13-17)15-22(32)27(39)34-23/h5-8,13-14,21-24,36-38H,1-4,9-12,15-16,30-32H2,(H,33,40)(H,34,39)(H,35,41)/t21-,22-,23+,24+/m0/s1. The summed E-state index contributed by atoms with van der Waals surface area (Å²) in [6, 6.07) is 6.55. The highest BCUT2D eigenvalue weighted by molar-refractivity contribution is 5.93. The predicted molar refractivity (Wildman–Crippen MR) is 155 cm³/mol. The number of aromatic hydroxyl groups is 2. The van der Waals surface area contributed by atoms with E-state index in [9.17, 15) is 24.6 Å². The fraction of sp³-hybridized carbons (Fsp3) is 0.483. The minimum Gasteiger partial charge on any atom is -0.508 e. The van der Waals surface area contributed by atoms with E-state index in [1.54, 1.807) is 24.3 Å². The van der Waals surface area contributed by atoms with Crippen LogP contribution in [0.2, 0.25) is 0 Å². The molecule has 4 bridgehead atoms. The maximum atomic E-state index is 13.4. The van der Waals surface area contributed by atoms with Crippen LogP contribution in [0.25, 0.3) is 11.1 Å². The van der Waals surface area contributed by atoms with Crippen molar-refractivity contribution >= 4 is 17.7 Å². The molecule has 0 spiro atoms. The largest absolute Gasteiger partial charge is 0.508 e. The van der Waals surface area contributed by atoms with Crippen LogP contribution in [0.15, 0.2) is 36.4 Å². The van der Waals surface area contributed by atoms with Crippen LogP contribution < -0.4 is 33.2 Å². The zero-order chi connectivity index (χ0) is 29.9. The second kappa shape index (κ2) is 15.3. The van der Waals surface area contributed by atoms with Gasteiger partial charge >= 0.3 is 0 Å². The van der Waals surface area contributed by atoms with Crippen LogP contribution in [0.3, 0.4) is 0 Å². The second-order valence-electron chi connectivity index (χ2n) is 10.5. The van der Waals surface area contributed by atoms with Crippen molar-refractivity contribution in [1.29, 1.82) is 0 Å². The number of nitrogens with two attached hydrogens (primary N) is 3. The molecule has 1 aliphatic rings. The molecule has 0 unspecified atom stereocenters. The van der Waals surface area contributed by atoms with Gasteiger partial charge in [0, 0.05) is 32.0 Å². The summed E-state index contributed by atoms with van der Waals surface area (Å²) >= 11 is 0. The smallest absolute Gasteiger partial charge is 0.243 e. The van der Waals surface area contributed by atoms with Crippen LogP contribution >= 0.6 is 0 Å². The molecule has 0 saturated heterocycles. The van der Waals surface area contributed by atoms with E-state index >= 15 is 0 Å². The third-order valence-corrected chi connectivity index (χ3v) is 7.21. The molecule has 3 rings (SSSR count). The molecule has 12 N–H and O–H groups in total. The Balaban J connectivity index is 1.95. The zero-order valence-electron chi connectivity index (χ0n) is 23.1. The Kier molecular flexibility index (Phi) is 11.9. The van der Waals surface area contributed by atoms with Gasteiger partial charge < -0.3 is 48.5 Å². The van der Waals surface area contributed by atoms with E-state index in [2.05, 4.69) is 16.0 Å². The highest BCUT2D eigenvalue weighted by Gasteiger charge is 2.29. The molecule has 0 aliphatic carbocycles. The van der Waals surface area contributed by atoms with Gasteiger partial charge in [0.25, 0.3) is 0 Å². The number of aliphatic hydroxyl groups is 1. The van der Waals surface area contributed by atoms with E-state index in [0.717, 1.165) is 0 Å². The predicted octanol–water partition coefficient (Wildman–Crippen LogP) is -0.495. The van der Waals surface area contributed by atoms with Crippen LogP contribution in [-0.2, 0) is 27.2 Å². The van der Waals surface area contributed by atoms with E-state index in [1.165, 1.54) is 12.1 Å². The molecule has 0 radical (unpaired) electrons. The number of aliphatic hydroxyl groups excluding tert-OH is 1. The first-order valence-corrected chi connectivity index (χ1v) is 14.0. The number of carbonyl (C=O) groups excluding carboxylic acids is 3. The van der Waals surface area contributed by atoms with Crippen molar-refractivity contribution in [3.05, 3.63) is 47.5 Å². The fourth-order valence-electron chi connectivity index (χ4n) is 4.77. The Bertz CT molecular complexity index is 1210. The van der Waals surface area contributed by atoms with Crippen LogP contribution in [0, 0.1) is 0 Å². The number of fused-ring (bicyclic) bond motifs is 5. The number of phenols is 2. The molecule has 41 heavy (non-hydrogen) atoms. The van der Waals surface area contributed by atoms with Gasteiger partial charge in [-0.05, 0) is 85.2 Å². The van der Waals surface area contributed by atoms with Crippen molar-refractivity contribution in [2.45, 2.75) is 69.1 Å². The summed E-state index contributed by atoms with van der Waals surface area (Å²) < 4.78 is 0. The zero-order valence-corrected chi connectivity index (χ0v) is 23.1. The molecule has 0 saturated carbocycles. The Labute approximate surface area is 239 Å². The monoisotopic (exact) mass is 570 g/mol. The van der Waals surface area contributed by atoms with Gasteiger partial charge in [-0.1, -0.05) is 12.1 Å². The van der Waals surface area contributed by atoms with Crippen LogP contribution in [0.1, 0.15) is 43.2 Å². The molecule has 2 aromatic carbocycles. The first kappa shape index (κ1) is 31.8. The topological polar surface area (TPSA) is 226 Å². The number of rotatable bonds is 10. The van der Waals surface area contributed by atoms with Crippen molar-refractivity contribution in [2.24, 2.45) is 17.2 Å². The minimum atomic E-state index is -1.07. The Morgan fingerprint density at radius 1 is 0.951 bits per heavy atom. The average molecular weight is 571 g/mol. The quantitative estimate of drug-likeness (QED) is 0.168. The third kappa shape index (κ3) is 9.15. The normalized spacial score (nSPS) is 20.2. The number of carbonyl (C=O) groups is 3. The summed E-state index contributed by atoms with van der Waals surface area (Å²) in [6.07, 6.45) is 2.29. The van der Waals surface area contributed by atoms with E-state index in [0.29, 0.717) is 54.5 Å². The Morgan fingerprint density at radius 3 is 2.20 bits per heavy atom. The highest BCUT2D eigenvalue weighted by Crippen LogP contribution is 2.30. The summed E-state index contributed by atoms with van der Waals surface area (Å²) in [4.78, 5) is 39.7. The lowest BCUT2D eigenvalue weighted by atomic mass is 9.95. The molecular formula is C29H42N6O6. The van der Waals surface area contributed by atoms with Gasteiger partial charge in [-0.25, -0.2) is 0 Å². The number of amides is 3. The maximum absolute atomic E-state index is 13.4. The van der Waals surface area contributed by atoms with Gasteiger partial charge in [-0.2, -0.15) is 0 Å².